The van der Waals surface area contributed by atoms with Gasteiger partial charge in [0.2, 0.25) is 0 Å². The summed E-state index contributed by atoms with van der Waals surface area (Å²) < 4.78 is 3.59. The minimum atomic E-state index is -0.712. The van der Waals surface area contributed by atoms with Crippen molar-refractivity contribution in [2.24, 2.45) is 0 Å². The Balaban J connectivity index is 2.01. The molecule has 2 heterocycles. The maximum atomic E-state index is 10.6. The Bertz CT molecular complexity index is 688. The first-order valence-electron chi connectivity index (χ1n) is 7.10. The summed E-state index contributed by atoms with van der Waals surface area (Å²) in [5.74, 6) is -0.712. The Morgan fingerprint density at radius 3 is 3.00 bits per heavy atom. The Kier molecular flexibility index (Phi) is 3.59. The van der Waals surface area contributed by atoms with E-state index in [0.717, 1.165) is 19.4 Å². The quantitative estimate of drug-likeness (QED) is 0.915. The summed E-state index contributed by atoms with van der Waals surface area (Å²) in [5.41, 5.74) is 5.33. The summed E-state index contributed by atoms with van der Waals surface area (Å²) in [6.45, 7) is 3.25. The van der Waals surface area contributed by atoms with Crippen molar-refractivity contribution in [3.05, 3.63) is 33.4 Å². The van der Waals surface area contributed by atoms with Crippen molar-refractivity contribution in [1.29, 1.82) is 0 Å². The van der Waals surface area contributed by atoms with Crippen molar-refractivity contribution in [1.82, 2.24) is 4.57 Å². The molecule has 0 bridgehead atoms. The monoisotopic (exact) mass is 335 g/mol. The van der Waals surface area contributed by atoms with Gasteiger partial charge in [-0.15, -0.1) is 0 Å². The number of halogens is 1. The van der Waals surface area contributed by atoms with Gasteiger partial charge in [-0.3, -0.25) is 4.79 Å². The van der Waals surface area contributed by atoms with E-state index < -0.39 is 5.97 Å². The van der Waals surface area contributed by atoms with Crippen molar-refractivity contribution in [3.63, 3.8) is 0 Å². The van der Waals surface area contributed by atoms with Crippen LogP contribution in [-0.4, -0.2) is 15.6 Å². The molecule has 106 valence electrons. The molecule has 0 fully saturated rings. The number of aryl methyl sites for hydroxylation is 3. The van der Waals surface area contributed by atoms with Gasteiger partial charge in [-0.05, 0) is 65.7 Å². The van der Waals surface area contributed by atoms with Gasteiger partial charge in [0.25, 0.3) is 0 Å². The highest BCUT2D eigenvalue weighted by atomic mass is 79.9. The lowest BCUT2D eigenvalue weighted by atomic mass is 9.98. The number of aliphatic carboxylic acids is 1. The number of carboxylic acid groups (broad SMARTS) is 1. The highest BCUT2D eigenvalue weighted by Crippen LogP contribution is 2.36. The molecule has 4 heteroatoms. The third-order valence-corrected chi connectivity index (χ3v) is 5.16. The highest BCUT2D eigenvalue weighted by Gasteiger charge is 2.19. The topological polar surface area (TPSA) is 42.2 Å². The fraction of sp³-hybridized carbons (Fsp3) is 0.438. The van der Waals surface area contributed by atoms with Crippen molar-refractivity contribution >= 4 is 32.8 Å². The van der Waals surface area contributed by atoms with Crippen LogP contribution in [0.2, 0.25) is 0 Å². The Morgan fingerprint density at radius 1 is 1.45 bits per heavy atom. The third-order valence-electron chi connectivity index (χ3n) is 4.16. The Labute approximate surface area is 126 Å². The molecular weight excluding hydrogens is 318 g/mol. The molecule has 2 aromatic rings. The molecule has 3 nitrogen and oxygen atoms in total. The average Bonchev–Trinajstić information content (AvgIpc) is 2.66. The Hall–Kier alpha value is -1.29. The molecule has 0 atom stereocenters. The predicted molar refractivity (Wildman–Crippen MR) is 83.3 cm³/mol. The molecular formula is C16H18BrNO2. The first kappa shape index (κ1) is 13.7. The Morgan fingerprint density at radius 2 is 2.25 bits per heavy atom. The summed E-state index contributed by atoms with van der Waals surface area (Å²) in [5, 5.41) is 10.0. The van der Waals surface area contributed by atoms with Crippen LogP contribution in [0.1, 0.15) is 36.1 Å². The van der Waals surface area contributed by atoms with Gasteiger partial charge in [0.15, 0.2) is 0 Å². The average molecular weight is 336 g/mol. The zero-order valence-electron chi connectivity index (χ0n) is 11.6. The molecule has 1 aliphatic rings. The summed E-state index contributed by atoms with van der Waals surface area (Å²) in [7, 11) is 0. The van der Waals surface area contributed by atoms with E-state index in [-0.39, 0.29) is 6.42 Å². The fourth-order valence-corrected chi connectivity index (χ4v) is 3.73. The van der Waals surface area contributed by atoms with Crippen LogP contribution in [0.15, 0.2) is 16.6 Å². The first-order valence-corrected chi connectivity index (χ1v) is 7.89. The van der Waals surface area contributed by atoms with E-state index in [0.29, 0.717) is 6.42 Å². The van der Waals surface area contributed by atoms with Crippen LogP contribution in [-0.2, 0) is 24.2 Å². The standard InChI is InChI=1S/C16H18BrNO2/c1-10-15(17)13-9-11(4-2-6-14(19)20)8-12-5-3-7-18(10)16(12)13/h8-9H,2-7H2,1H3,(H,19,20). The number of carbonyl (C=O) groups is 1. The zero-order valence-corrected chi connectivity index (χ0v) is 13.2. The molecule has 0 amide bonds. The number of rotatable bonds is 4. The molecule has 1 aliphatic heterocycles. The fourth-order valence-electron chi connectivity index (χ4n) is 3.21. The van der Waals surface area contributed by atoms with Gasteiger partial charge in [-0.25, -0.2) is 0 Å². The van der Waals surface area contributed by atoms with Gasteiger partial charge >= 0.3 is 5.97 Å². The molecule has 20 heavy (non-hydrogen) atoms. The van der Waals surface area contributed by atoms with Crippen LogP contribution in [0.4, 0.5) is 0 Å². The van der Waals surface area contributed by atoms with Gasteiger partial charge < -0.3 is 9.67 Å². The molecule has 0 radical (unpaired) electrons. The SMILES string of the molecule is Cc1c(Br)c2cc(CCCC(=O)O)cc3c2n1CCC3. The smallest absolute Gasteiger partial charge is 0.303 e. The number of benzene rings is 1. The lowest BCUT2D eigenvalue weighted by Gasteiger charge is -2.18. The maximum absolute atomic E-state index is 10.6. The summed E-state index contributed by atoms with van der Waals surface area (Å²) in [6, 6.07) is 4.49. The normalized spacial score (nSPS) is 13.9. The van der Waals surface area contributed by atoms with Crippen LogP contribution in [0.3, 0.4) is 0 Å². The van der Waals surface area contributed by atoms with Crippen LogP contribution in [0.5, 0.6) is 0 Å². The number of carboxylic acids is 1. The van der Waals surface area contributed by atoms with E-state index in [4.69, 9.17) is 5.11 Å². The van der Waals surface area contributed by atoms with E-state index in [1.165, 1.54) is 38.6 Å². The minimum Gasteiger partial charge on any atom is -0.481 e. The first-order chi connectivity index (χ1) is 9.58. The molecule has 0 aliphatic carbocycles. The van der Waals surface area contributed by atoms with Crippen LogP contribution in [0, 0.1) is 6.92 Å². The van der Waals surface area contributed by atoms with Crippen LogP contribution in [0.25, 0.3) is 10.9 Å². The predicted octanol–water partition coefficient (Wildman–Crippen LogP) is 4.07. The van der Waals surface area contributed by atoms with Crippen LogP contribution < -0.4 is 0 Å². The summed E-state index contributed by atoms with van der Waals surface area (Å²) in [4.78, 5) is 10.6. The number of hydrogen-bond acceptors (Lipinski definition) is 1. The van der Waals surface area contributed by atoms with E-state index in [1.54, 1.807) is 0 Å². The second-order valence-electron chi connectivity index (χ2n) is 5.55. The number of aromatic nitrogens is 1. The second-order valence-corrected chi connectivity index (χ2v) is 6.35. The minimum absolute atomic E-state index is 0.245. The second kappa shape index (κ2) is 5.24. The molecule has 0 saturated heterocycles. The number of hydrogen-bond donors (Lipinski definition) is 1. The molecule has 3 rings (SSSR count). The lowest BCUT2D eigenvalue weighted by Crippen LogP contribution is -2.09. The molecule has 1 aromatic carbocycles. The van der Waals surface area contributed by atoms with Gasteiger partial charge in [0.05, 0.1) is 5.52 Å². The largest absolute Gasteiger partial charge is 0.481 e. The van der Waals surface area contributed by atoms with Crippen molar-refractivity contribution in [2.45, 2.75) is 45.6 Å². The summed E-state index contributed by atoms with van der Waals surface area (Å²) in [6.07, 6.45) is 4.10. The van der Waals surface area contributed by atoms with Crippen molar-refractivity contribution in [2.75, 3.05) is 0 Å². The molecule has 0 spiro atoms. The molecule has 0 saturated carbocycles. The van der Waals surface area contributed by atoms with E-state index in [9.17, 15) is 4.79 Å². The highest BCUT2D eigenvalue weighted by molar-refractivity contribution is 9.10. The van der Waals surface area contributed by atoms with Crippen molar-refractivity contribution in [3.8, 4) is 0 Å². The molecule has 1 aromatic heterocycles. The van der Waals surface area contributed by atoms with Crippen molar-refractivity contribution < 1.29 is 9.90 Å². The van der Waals surface area contributed by atoms with E-state index in [2.05, 4.69) is 39.6 Å². The van der Waals surface area contributed by atoms with E-state index in [1.807, 2.05) is 0 Å². The summed E-state index contributed by atoms with van der Waals surface area (Å²) >= 11 is 3.71. The maximum Gasteiger partial charge on any atom is 0.303 e. The van der Waals surface area contributed by atoms with E-state index >= 15 is 0 Å². The van der Waals surface area contributed by atoms with Crippen LogP contribution >= 0.6 is 15.9 Å². The third kappa shape index (κ3) is 2.26. The van der Waals surface area contributed by atoms with Gasteiger partial charge in [0.1, 0.15) is 0 Å². The molecule has 1 N–H and O–H groups in total. The van der Waals surface area contributed by atoms with Gasteiger partial charge in [-0.1, -0.05) is 6.07 Å². The number of nitrogens with zero attached hydrogens (tertiary/aromatic N) is 1. The molecule has 0 unspecified atom stereocenters. The van der Waals surface area contributed by atoms with Gasteiger partial charge in [0, 0.05) is 28.5 Å². The lowest BCUT2D eigenvalue weighted by molar-refractivity contribution is -0.137. The van der Waals surface area contributed by atoms with Gasteiger partial charge in [-0.2, -0.15) is 0 Å². The zero-order chi connectivity index (χ0) is 14.3.